The number of aliphatic hydroxyl groups excluding tert-OH is 1. The molecule has 0 radical (unpaired) electrons. The Morgan fingerprint density at radius 2 is 1.80 bits per heavy atom. The first kappa shape index (κ1) is 24.4. The van der Waals surface area contributed by atoms with Crippen LogP contribution in [-0.4, -0.2) is 35.6 Å². The Labute approximate surface area is 211 Å². The number of rotatable bonds is 6. The average Bonchev–Trinajstić information content (AvgIpc) is 3.10. The molecule has 180 valence electrons. The number of aliphatic hydroxyl groups is 1. The fourth-order valence-corrected chi connectivity index (χ4v) is 4.46. The number of amides is 1. The Balaban J connectivity index is 1.96. The van der Waals surface area contributed by atoms with E-state index in [9.17, 15) is 19.8 Å². The Hall–Kier alpha value is -3.68. The smallest absolute Gasteiger partial charge is 0.300 e. The molecule has 1 amide bonds. The zero-order chi connectivity index (χ0) is 25.3. The second kappa shape index (κ2) is 9.90. The van der Waals surface area contributed by atoms with E-state index in [-0.39, 0.29) is 26.9 Å². The number of nitrogens with zero attached hydrogens (tertiary/aromatic N) is 1. The molecule has 0 aliphatic carbocycles. The van der Waals surface area contributed by atoms with E-state index in [1.165, 1.54) is 42.3 Å². The number of anilines is 1. The second-order valence-electron chi connectivity index (χ2n) is 7.66. The van der Waals surface area contributed by atoms with E-state index in [1.54, 1.807) is 30.3 Å². The first-order valence-electron chi connectivity index (χ1n) is 10.6. The SMILES string of the molecule is CCOc1ccc(Cl)c(/C(O)=C2\C(=O)C(=O)N(c3ccc(OC)c(Cl)c3)C2c2cccc(O)c2)c1. The summed E-state index contributed by atoms with van der Waals surface area (Å²) >= 11 is 12.6. The average molecular weight is 514 g/mol. The largest absolute Gasteiger partial charge is 0.508 e. The molecule has 4 rings (SSSR count). The van der Waals surface area contributed by atoms with E-state index in [0.717, 1.165) is 0 Å². The van der Waals surface area contributed by atoms with Gasteiger partial charge in [-0.15, -0.1) is 0 Å². The molecular formula is C26H21Cl2NO6. The van der Waals surface area contributed by atoms with Gasteiger partial charge in [0.1, 0.15) is 23.0 Å². The van der Waals surface area contributed by atoms with Crippen LogP contribution in [0.2, 0.25) is 10.0 Å². The summed E-state index contributed by atoms with van der Waals surface area (Å²) in [5, 5.41) is 21.8. The van der Waals surface area contributed by atoms with Crippen LogP contribution in [0, 0.1) is 0 Å². The van der Waals surface area contributed by atoms with Crippen LogP contribution >= 0.6 is 23.2 Å². The highest BCUT2D eigenvalue weighted by Gasteiger charge is 2.47. The van der Waals surface area contributed by atoms with Crippen LogP contribution in [0.5, 0.6) is 17.2 Å². The van der Waals surface area contributed by atoms with Crippen LogP contribution in [0.1, 0.15) is 24.1 Å². The number of phenolic OH excluding ortho intramolecular Hbond substituents is 1. The first-order valence-corrected chi connectivity index (χ1v) is 11.4. The zero-order valence-corrected chi connectivity index (χ0v) is 20.3. The molecule has 0 bridgehead atoms. The summed E-state index contributed by atoms with van der Waals surface area (Å²) in [6.07, 6.45) is 0. The van der Waals surface area contributed by atoms with Crippen molar-refractivity contribution < 1.29 is 29.3 Å². The van der Waals surface area contributed by atoms with Crippen molar-refractivity contribution in [2.24, 2.45) is 0 Å². The highest BCUT2D eigenvalue weighted by atomic mass is 35.5. The number of hydrogen-bond acceptors (Lipinski definition) is 6. The summed E-state index contributed by atoms with van der Waals surface area (Å²) in [5.41, 5.74) is 0.644. The van der Waals surface area contributed by atoms with Gasteiger partial charge in [0.15, 0.2) is 0 Å². The number of carbonyl (C=O) groups excluding carboxylic acids is 2. The topological polar surface area (TPSA) is 96.3 Å². The minimum atomic E-state index is -1.07. The zero-order valence-electron chi connectivity index (χ0n) is 18.8. The van der Waals surface area contributed by atoms with Crippen LogP contribution in [0.4, 0.5) is 5.69 Å². The predicted octanol–water partition coefficient (Wildman–Crippen LogP) is 5.73. The number of halogens is 2. The van der Waals surface area contributed by atoms with Crippen molar-refractivity contribution in [2.75, 3.05) is 18.6 Å². The monoisotopic (exact) mass is 513 g/mol. The summed E-state index contributed by atoms with van der Waals surface area (Å²) in [6.45, 7) is 2.19. The Kier molecular flexibility index (Phi) is 6.91. The summed E-state index contributed by atoms with van der Waals surface area (Å²) in [5.74, 6) is -1.51. The summed E-state index contributed by atoms with van der Waals surface area (Å²) in [6, 6.07) is 14.3. The maximum atomic E-state index is 13.3. The molecule has 7 nitrogen and oxygen atoms in total. The van der Waals surface area contributed by atoms with E-state index in [4.69, 9.17) is 32.7 Å². The highest BCUT2D eigenvalue weighted by molar-refractivity contribution is 6.52. The van der Waals surface area contributed by atoms with Gasteiger partial charge in [-0.25, -0.2) is 0 Å². The van der Waals surface area contributed by atoms with Crippen molar-refractivity contribution in [3.05, 3.63) is 87.4 Å². The molecule has 0 spiro atoms. The van der Waals surface area contributed by atoms with E-state index in [1.807, 2.05) is 6.92 Å². The third-order valence-electron chi connectivity index (χ3n) is 5.55. The van der Waals surface area contributed by atoms with Gasteiger partial charge in [0.25, 0.3) is 11.7 Å². The molecule has 1 saturated heterocycles. The summed E-state index contributed by atoms with van der Waals surface area (Å²) < 4.78 is 10.7. The molecule has 9 heteroatoms. The Morgan fingerprint density at radius 3 is 2.46 bits per heavy atom. The molecular weight excluding hydrogens is 493 g/mol. The lowest BCUT2D eigenvalue weighted by Crippen LogP contribution is -2.29. The summed E-state index contributed by atoms with van der Waals surface area (Å²) in [4.78, 5) is 27.8. The van der Waals surface area contributed by atoms with Crippen LogP contribution < -0.4 is 14.4 Å². The van der Waals surface area contributed by atoms with Crippen LogP contribution in [0.3, 0.4) is 0 Å². The molecule has 35 heavy (non-hydrogen) atoms. The number of ether oxygens (including phenoxy) is 2. The predicted molar refractivity (Wildman–Crippen MR) is 134 cm³/mol. The lowest BCUT2D eigenvalue weighted by molar-refractivity contribution is -0.132. The molecule has 0 aromatic heterocycles. The molecule has 1 aliphatic heterocycles. The van der Waals surface area contributed by atoms with Crippen LogP contribution in [-0.2, 0) is 9.59 Å². The van der Waals surface area contributed by atoms with E-state index < -0.39 is 23.5 Å². The fourth-order valence-electron chi connectivity index (χ4n) is 4.00. The number of aromatic hydroxyl groups is 1. The van der Waals surface area contributed by atoms with Crippen molar-refractivity contribution in [3.63, 3.8) is 0 Å². The van der Waals surface area contributed by atoms with Gasteiger partial charge in [0, 0.05) is 11.3 Å². The number of phenols is 1. The maximum absolute atomic E-state index is 13.3. The molecule has 2 N–H and O–H groups in total. The number of carbonyl (C=O) groups is 2. The number of hydrogen-bond donors (Lipinski definition) is 2. The van der Waals surface area contributed by atoms with Gasteiger partial charge >= 0.3 is 0 Å². The lowest BCUT2D eigenvalue weighted by Gasteiger charge is -2.26. The third-order valence-corrected chi connectivity index (χ3v) is 6.17. The fraction of sp³-hybridized carbons (Fsp3) is 0.154. The third kappa shape index (κ3) is 4.52. The van der Waals surface area contributed by atoms with Gasteiger partial charge in [0.2, 0.25) is 0 Å². The lowest BCUT2D eigenvalue weighted by atomic mass is 9.95. The Bertz CT molecular complexity index is 1350. The number of methoxy groups -OCH3 is 1. The molecule has 1 fully saturated rings. The summed E-state index contributed by atoms with van der Waals surface area (Å²) in [7, 11) is 1.46. The standard InChI is InChI=1S/C26H21Cl2NO6/c1-3-35-17-8-9-19(27)18(13-17)24(31)22-23(14-5-4-6-16(30)11-14)29(26(33)25(22)32)15-7-10-21(34-2)20(28)12-15/h4-13,23,30-31H,3H2,1-2H3/b24-22+. The number of benzene rings is 3. The number of ketones is 1. The Morgan fingerprint density at radius 1 is 1.03 bits per heavy atom. The van der Waals surface area contributed by atoms with Gasteiger partial charge in [0.05, 0.1) is 35.4 Å². The minimum absolute atomic E-state index is 0.0720. The molecule has 1 aliphatic rings. The molecule has 1 atom stereocenters. The molecule has 3 aromatic rings. The minimum Gasteiger partial charge on any atom is -0.508 e. The van der Waals surface area contributed by atoms with Gasteiger partial charge in [-0.1, -0.05) is 35.3 Å². The highest BCUT2D eigenvalue weighted by Crippen LogP contribution is 2.45. The van der Waals surface area contributed by atoms with Crippen molar-refractivity contribution in [1.82, 2.24) is 0 Å². The normalized spacial score (nSPS) is 17.0. The van der Waals surface area contributed by atoms with Crippen molar-refractivity contribution in [2.45, 2.75) is 13.0 Å². The van der Waals surface area contributed by atoms with Crippen LogP contribution in [0.15, 0.2) is 66.2 Å². The van der Waals surface area contributed by atoms with Crippen molar-refractivity contribution >= 4 is 46.3 Å². The van der Waals surface area contributed by atoms with E-state index in [0.29, 0.717) is 29.4 Å². The maximum Gasteiger partial charge on any atom is 0.300 e. The van der Waals surface area contributed by atoms with Crippen molar-refractivity contribution in [3.8, 4) is 17.2 Å². The van der Waals surface area contributed by atoms with Crippen molar-refractivity contribution in [1.29, 1.82) is 0 Å². The number of Topliss-reactive ketones (excluding diaryl/α,β-unsaturated/α-hetero) is 1. The van der Waals surface area contributed by atoms with Gasteiger partial charge < -0.3 is 19.7 Å². The van der Waals surface area contributed by atoms with Gasteiger partial charge in [-0.2, -0.15) is 0 Å². The van der Waals surface area contributed by atoms with E-state index in [2.05, 4.69) is 0 Å². The first-order chi connectivity index (χ1) is 16.8. The van der Waals surface area contributed by atoms with Gasteiger partial charge in [-0.3, -0.25) is 14.5 Å². The van der Waals surface area contributed by atoms with Crippen LogP contribution in [0.25, 0.3) is 5.76 Å². The molecule has 1 unspecified atom stereocenters. The van der Waals surface area contributed by atoms with Gasteiger partial charge in [-0.05, 0) is 61.0 Å². The molecule has 1 heterocycles. The second-order valence-corrected chi connectivity index (χ2v) is 8.47. The van der Waals surface area contributed by atoms with E-state index >= 15 is 0 Å². The molecule has 0 saturated carbocycles. The molecule has 3 aromatic carbocycles. The quantitative estimate of drug-likeness (QED) is 0.248.